The van der Waals surface area contributed by atoms with Crippen LogP contribution < -0.4 is 10.1 Å². The number of hydrogen-bond donors (Lipinski definition) is 1. The molecule has 2 aliphatic heterocycles. The van der Waals surface area contributed by atoms with E-state index in [9.17, 15) is 0 Å². The smallest absolute Gasteiger partial charge is 0.149 e. The summed E-state index contributed by atoms with van der Waals surface area (Å²) in [5.41, 5.74) is 2.44. The maximum absolute atomic E-state index is 6.17. The van der Waals surface area contributed by atoms with Crippen LogP contribution in [0.15, 0.2) is 18.2 Å². The maximum Gasteiger partial charge on any atom is 0.149 e. The number of nitrogens with zero attached hydrogens (tertiary/aromatic N) is 3. The Kier molecular flexibility index (Phi) is 3.83. The summed E-state index contributed by atoms with van der Waals surface area (Å²) >= 11 is 0. The van der Waals surface area contributed by atoms with Gasteiger partial charge in [-0.2, -0.15) is 0 Å². The number of rotatable bonds is 4. The van der Waals surface area contributed by atoms with Gasteiger partial charge in [-0.05, 0) is 39.2 Å². The predicted octanol–water partition coefficient (Wildman–Crippen LogP) is 3.18. The minimum absolute atomic E-state index is 0.101. The van der Waals surface area contributed by atoms with Crippen LogP contribution in [0.25, 0.3) is 0 Å². The molecule has 0 radical (unpaired) electrons. The summed E-state index contributed by atoms with van der Waals surface area (Å²) in [7, 11) is 0. The van der Waals surface area contributed by atoms with Crippen molar-refractivity contribution in [3.8, 4) is 5.75 Å². The Labute approximate surface area is 143 Å². The fraction of sp³-hybridized carbons (Fsp3) is 0.579. The molecule has 0 saturated heterocycles. The van der Waals surface area contributed by atoms with Crippen LogP contribution in [0.2, 0.25) is 0 Å². The van der Waals surface area contributed by atoms with Crippen LogP contribution in [0, 0.1) is 0 Å². The molecule has 0 bridgehead atoms. The molecule has 1 aromatic carbocycles. The lowest BCUT2D eigenvalue weighted by Gasteiger charge is -2.20. The molecule has 0 aliphatic carbocycles. The Balaban J connectivity index is 1.48. The summed E-state index contributed by atoms with van der Waals surface area (Å²) in [4.78, 5) is 0. The molecule has 1 aromatic heterocycles. The normalized spacial score (nSPS) is 19.5. The van der Waals surface area contributed by atoms with E-state index in [0.717, 1.165) is 43.3 Å². The Bertz CT molecular complexity index is 750. The Morgan fingerprint density at radius 2 is 2.17 bits per heavy atom. The van der Waals surface area contributed by atoms with E-state index in [0.29, 0.717) is 0 Å². The third kappa shape index (κ3) is 2.81. The lowest BCUT2D eigenvalue weighted by Crippen LogP contribution is -2.26. The van der Waals surface area contributed by atoms with Crippen molar-refractivity contribution < 1.29 is 4.74 Å². The molecule has 1 N–H and O–H groups in total. The van der Waals surface area contributed by atoms with Crippen molar-refractivity contribution in [1.29, 1.82) is 0 Å². The van der Waals surface area contributed by atoms with Gasteiger partial charge in [0.15, 0.2) is 0 Å². The van der Waals surface area contributed by atoms with E-state index in [1.54, 1.807) is 0 Å². The van der Waals surface area contributed by atoms with Gasteiger partial charge >= 0.3 is 0 Å². The summed E-state index contributed by atoms with van der Waals surface area (Å²) in [6, 6.07) is 6.63. The third-order valence-corrected chi connectivity index (χ3v) is 5.05. The molecule has 2 aliphatic rings. The summed E-state index contributed by atoms with van der Waals surface area (Å²) in [5, 5.41) is 12.4. The Hall–Kier alpha value is -1.88. The van der Waals surface area contributed by atoms with Crippen molar-refractivity contribution in [2.45, 2.75) is 71.2 Å². The van der Waals surface area contributed by atoms with Gasteiger partial charge in [-0.3, -0.25) is 0 Å². The first-order valence-electron chi connectivity index (χ1n) is 8.99. The van der Waals surface area contributed by atoms with Crippen LogP contribution in [-0.2, 0) is 25.9 Å². The fourth-order valence-corrected chi connectivity index (χ4v) is 3.82. The first-order valence-corrected chi connectivity index (χ1v) is 8.99. The number of benzene rings is 1. The van der Waals surface area contributed by atoms with Crippen LogP contribution in [0.3, 0.4) is 0 Å². The number of fused-ring (bicyclic) bond motifs is 2. The monoisotopic (exact) mass is 326 g/mol. The molecule has 1 unspecified atom stereocenters. The lowest BCUT2D eigenvalue weighted by molar-refractivity contribution is 0.137. The van der Waals surface area contributed by atoms with Crippen molar-refractivity contribution >= 4 is 0 Å². The van der Waals surface area contributed by atoms with Crippen LogP contribution >= 0.6 is 0 Å². The zero-order valence-electron chi connectivity index (χ0n) is 14.8. The topological polar surface area (TPSA) is 52.0 Å². The maximum atomic E-state index is 6.17. The van der Waals surface area contributed by atoms with E-state index >= 15 is 0 Å². The molecule has 2 aromatic rings. The third-order valence-electron chi connectivity index (χ3n) is 5.05. The molecule has 0 fully saturated rings. The molecule has 128 valence electrons. The second kappa shape index (κ2) is 5.88. The van der Waals surface area contributed by atoms with Gasteiger partial charge in [0.2, 0.25) is 0 Å². The molecule has 0 amide bonds. The fourth-order valence-electron chi connectivity index (χ4n) is 3.82. The van der Waals surface area contributed by atoms with E-state index in [-0.39, 0.29) is 11.6 Å². The average Bonchev–Trinajstić information content (AvgIpc) is 3.11. The predicted molar refractivity (Wildman–Crippen MR) is 93.1 cm³/mol. The number of ether oxygens (including phenoxy) is 1. The number of aryl methyl sites for hydroxylation is 1. The molecule has 24 heavy (non-hydrogen) atoms. The van der Waals surface area contributed by atoms with Crippen molar-refractivity contribution in [2.75, 3.05) is 0 Å². The summed E-state index contributed by atoms with van der Waals surface area (Å²) in [6.45, 7) is 8.29. The summed E-state index contributed by atoms with van der Waals surface area (Å²) < 4.78 is 8.45. The standard InChI is InChI=1S/C19H26N4O/c1-13(18-22-21-16-9-4-5-10-23(16)18)20-12-15-8-6-7-14-11-19(2,3)24-17(14)15/h6-8,13,20H,4-5,9-12H2,1-3H3. The van der Waals surface area contributed by atoms with E-state index in [2.05, 4.69) is 59.1 Å². The first-order chi connectivity index (χ1) is 11.5. The largest absolute Gasteiger partial charge is 0.487 e. The van der Waals surface area contributed by atoms with E-state index in [1.165, 1.54) is 24.0 Å². The molecular weight excluding hydrogens is 300 g/mol. The van der Waals surface area contributed by atoms with Crippen molar-refractivity contribution in [3.05, 3.63) is 41.0 Å². The first kappa shape index (κ1) is 15.6. The van der Waals surface area contributed by atoms with Gasteiger partial charge < -0.3 is 14.6 Å². The quantitative estimate of drug-likeness (QED) is 0.937. The van der Waals surface area contributed by atoms with E-state index in [4.69, 9.17) is 4.74 Å². The Morgan fingerprint density at radius 1 is 1.29 bits per heavy atom. The van der Waals surface area contributed by atoms with Crippen molar-refractivity contribution in [3.63, 3.8) is 0 Å². The second-order valence-electron chi connectivity index (χ2n) is 7.63. The van der Waals surface area contributed by atoms with Gasteiger partial charge in [-0.1, -0.05) is 18.2 Å². The molecule has 5 heteroatoms. The molecule has 5 nitrogen and oxygen atoms in total. The van der Waals surface area contributed by atoms with Crippen LogP contribution in [0.5, 0.6) is 5.75 Å². The minimum Gasteiger partial charge on any atom is -0.487 e. The molecule has 0 spiro atoms. The number of para-hydroxylation sites is 1. The minimum atomic E-state index is -0.101. The van der Waals surface area contributed by atoms with Gasteiger partial charge in [-0.15, -0.1) is 10.2 Å². The highest BCUT2D eigenvalue weighted by atomic mass is 16.5. The molecular formula is C19H26N4O. The van der Waals surface area contributed by atoms with Gasteiger partial charge in [-0.25, -0.2) is 0 Å². The van der Waals surface area contributed by atoms with Gasteiger partial charge in [0.25, 0.3) is 0 Å². The van der Waals surface area contributed by atoms with Gasteiger partial charge in [0, 0.05) is 31.5 Å². The highest BCUT2D eigenvalue weighted by Gasteiger charge is 2.31. The van der Waals surface area contributed by atoms with Gasteiger partial charge in [0.1, 0.15) is 23.0 Å². The summed E-state index contributed by atoms with van der Waals surface area (Å²) in [5.74, 6) is 3.25. The second-order valence-corrected chi connectivity index (χ2v) is 7.63. The van der Waals surface area contributed by atoms with E-state index < -0.39 is 0 Å². The number of aromatic nitrogens is 3. The molecule has 4 rings (SSSR count). The molecule has 3 heterocycles. The zero-order chi connectivity index (χ0) is 16.7. The number of hydrogen-bond acceptors (Lipinski definition) is 4. The Morgan fingerprint density at radius 3 is 3.04 bits per heavy atom. The van der Waals surface area contributed by atoms with Crippen molar-refractivity contribution in [1.82, 2.24) is 20.1 Å². The highest BCUT2D eigenvalue weighted by molar-refractivity contribution is 5.45. The SMILES string of the molecule is CC(NCc1cccc2c1OC(C)(C)C2)c1nnc2n1CCCC2. The molecule has 1 atom stereocenters. The van der Waals surface area contributed by atoms with Crippen molar-refractivity contribution in [2.24, 2.45) is 0 Å². The van der Waals surface area contributed by atoms with E-state index in [1.807, 2.05) is 0 Å². The molecule has 0 saturated carbocycles. The van der Waals surface area contributed by atoms with Gasteiger partial charge in [0.05, 0.1) is 6.04 Å². The highest BCUT2D eigenvalue weighted by Crippen LogP contribution is 2.37. The van der Waals surface area contributed by atoms with Crippen LogP contribution in [-0.4, -0.2) is 20.4 Å². The van der Waals surface area contributed by atoms with Crippen LogP contribution in [0.4, 0.5) is 0 Å². The lowest BCUT2D eigenvalue weighted by atomic mass is 10.0. The van der Waals surface area contributed by atoms with Crippen LogP contribution in [0.1, 0.15) is 62.4 Å². The zero-order valence-corrected chi connectivity index (χ0v) is 14.8. The summed E-state index contributed by atoms with van der Waals surface area (Å²) in [6.07, 6.45) is 4.47. The number of nitrogens with one attached hydrogen (secondary N) is 1. The average molecular weight is 326 g/mol.